The minimum absolute atomic E-state index is 0.357. The quantitative estimate of drug-likeness (QED) is 0.268. The topological polar surface area (TPSA) is 9.23 Å². The van der Waals surface area contributed by atoms with Gasteiger partial charge in [0.2, 0.25) is 0 Å². The van der Waals surface area contributed by atoms with E-state index in [-0.39, 0.29) is 0 Å². The lowest BCUT2D eigenvalue weighted by atomic mass is 9.82. The molecule has 34 heavy (non-hydrogen) atoms. The van der Waals surface area contributed by atoms with E-state index < -0.39 is 29.1 Å². The van der Waals surface area contributed by atoms with Crippen molar-refractivity contribution in [2.45, 2.75) is 18.0 Å². The highest BCUT2D eigenvalue weighted by Crippen LogP contribution is 2.46. The Morgan fingerprint density at radius 2 is 1.12 bits per heavy atom. The van der Waals surface area contributed by atoms with Gasteiger partial charge in [-0.05, 0) is 35.7 Å². The summed E-state index contributed by atoms with van der Waals surface area (Å²) in [4.78, 5) is 0. The zero-order chi connectivity index (χ0) is 24.1. The molecule has 0 fully saturated rings. The van der Waals surface area contributed by atoms with Crippen LogP contribution in [0.4, 0.5) is 26.3 Å². The number of ether oxygens (including phenoxy) is 1. The monoisotopic (exact) mass is 470 g/mol. The number of fused-ring (bicyclic) bond motifs is 3. The first-order valence-electron chi connectivity index (χ1n) is 10.3. The predicted octanol–water partition coefficient (Wildman–Crippen LogP) is 8.23. The Labute approximate surface area is 190 Å². The van der Waals surface area contributed by atoms with Crippen molar-refractivity contribution in [2.75, 3.05) is 0 Å². The highest BCUT2D eigenvalue weighted by Gasteiger charge is 2.40. The van der Waals surface area contributed by atoms with Gasteiger partial charge >= 0.3 is 12.4 Å². The Kier molecular flexibility index (Phi) is 4.97. The fourth-order valence-corrected chi connectivity index (χ4v) is 4.20. The molecule has 0 amide bonds. The standard InChI is InChI=1S/C27H16F6O/c28-26(29,30)21-11-7-19(8-12-21)25(20-9-13-22(14-10-20)27(31,32)33)16-15-18-6-5-17-3-1-2-4-23(17)24(18)34-25/h1-16H. The summed E-state index contributed by atoms with van der Waals surface area (Å²) in [5.41, 5.74) is -1.61. The molecule has 1 heterocycles. The molecule has 0 aliphatic carbocycles. The number of rotatable bonds is 2. The van der Waals surface area contributed by atoms with Crippen LogP contribution in [0.5, 0.6) is 5.75 Å². The molecule has 0 atom stereocenters. The zero-order valence-corrected chi connectivity index (χ0v) is 17.4. The van der Waals surface area contributed by atoms with Crippen molar-refractivity contribution < 1.29 is 31.1 Å². The summed E-state index contributed by atoms with van der Waals surface area (Å²) in [6.45, 7) is 0. The normalized spacial score (nSPS) is 15.1. The molecule has 1 aliphatic heterocycles. The van der Waals surface area contributed by atoms with E-state index in [0.717, 1.165) is 40.6 Å². The Hall–Kier alpha value is -3.74. The number of hydrogen-bond acceptors (Lipinski definition) is 1. The first-order chi connectivity index (χ1) is 16.1. The first-order valence-corrected chi connectivity index (χ1v) is 10.3. The van der Waals surface area contributed by atoms with E-state index in [9.17, 15) is 26.3 Å². The zero-order valence-electron chi connectivity index (χ0n) is 17.4. The highest BCUT2D eigenvalue weighted by atomic mass is 19.4. The van der Waals surface area contributed by atoms with Crippen LogP contribution in [0.3, 0.4) is 0 Å². The Bertz CT molecular complexity index is 1320. The first kappa shape index (κ1) is 22.1. The van der Waals surface area contributed by atoms with Crippen LogP contribution < -0.4 is 4.74 Å². The minimum Gasteiger partial charge on any atom is -0.472 e. The summed E-state index contributed by atoms with van der Waals surface area (Å²) in [7, 11) is 0. The van der Waals surface area contributed by atoms with E-state index in [1.54, 1.807) is 12.2 Å². The minimum atomic E-state index is -4.52. The molecule has 7 heteroatoms. The molecule has 4 aromatic carbocycles. The van der Waals surface area contributed by atoms with Gasteiger partial charge in [0.15, 0.2) is 5.60 Å². The average Bonchev–Trinajstić information content (AvgIpc) is 2.83. The van der Waals surface area contributed by atoms with Crippen molar-refractivity contribution in [2.24, 2.45) is 0 Å². The Morgan fingerprint density at radius 1 is 0.588 bits per heavy atom. The summed E-state index contributed by atoms with van der Waals surface area (Å²) in [5.74, 6) is 0.500. The van der Waals surface area contributed by atoms with Crippen molar-refractivity contribution in [3.8, 4) is 5.75 Å². The highest BCUT2D eigenvalue weighted by molar-refractivity contribution is 5.92. The van der Waals surface area contributed by atoms with Crippen LogP contribution in [0.1, 0.15) is 27.8 Å². The SMILES string of the molecule is FC(F)(F)c1ccc(C2(c3ccc(C(F)(F)F)cc3)C=Cc3ccc4ccccc4c3O2)cc1. The molecule has 0 spiro atoms. The maximum atomic E-state index is 13.2. The summed E-state index contributed by atoms with van der Waals surface area (Å²) in [6.07, 6.45) is -5.60. The van der Waals surface area contributed by atoms with Gasteiger partial charge in [0.05, 0.1) is 11.1 Å². The summed E-state index contributed by atoms with van der Waals surface area (Å²) >= 11 is 0. The van der Waals surface area contributed by atoms with Crippen LogP contribution in [-0.4, -0.2) is 0 Å². The van der Waals surface area contributed by atoms with E-state index in [0.29, 0.717) is 16.9 Å². The average molecular weight is 470 g/mol. The molecule has 0 bridgehead atoms. The predicted molar refractivity (Wildman–Crippen MR) is 117 cm³/mol. The Morgan fingerprint density at radius 3 is 1.65 bits per heavy atom. The van der Waals surface area contributed by atoms with Crippen LogP contribution in [0, 0.1) is 0 Å². The third-order valence-electron chi connectivity index (χ3n) is 5.95. The van der Waals surface area contributed by atoms with Gasteiger partial charge in [-0.25, -0.2) is 0 Å². The summed E-state index contributed by atoms with van der Waals surface area (Å²) < 4.78 is 85.4. The van der Waals surface area contributed by atoms with Gasteiger partial charge in [0.25, 0.3) is 0 Å². The van der Waals surface area contributed by atoms with Crippen molar-refractivity contribution in [3.63, 3.8) is 0 Å². The molecule has 0 saturated carbocycles. The maximum absolute atomic E-state index is 13.2. The van der Waals surface area contributed by atoms with Gasteiger partial charge in [-0.1, -0.05) is 66.7 Å². The second kappa shape index (κ2) is 7.65. The molecule has 0 aromatic heterocycles. The smallest absolute Gasteiger partial charge is 0.416 e. The largest absolute Gasteiger partial charge is 0.472 e. The van der Waals surface area contributed by atoms with Crippen LogP contribution in [0.25, 0.3) is 16.8 Å². The lowest BCUT2D eigenvalue weighted by molar-refractivity contribution is -0.138. The fraction of sp³-hybridized carbons (Fsp3) is 0.111. The summed E-state index contributed by atoms with van der Waals surface area (Å²) in [6, 6.07) is 20.2. The molecule has 4 aromatic rings. The lowest BCUT2D eigenvalue weighted by Crippen LogP contribution is -2.34. The molecular weight excluding hydrogens is 454 g/mol. The molecule has 0 unspecified atom stereocenters. The van der Waals surface area contributed by atoms with Crippen molar-refractivity contribution in [1.82, 2.24) is 0 Å². The van der Waals surface area contributed by atoms with Crippen LogP contribution in [0.15, 0.2) is 91.0 Å². The second-order valence-corrected chi connectivity index (χ2v) is 8.03. The fourth-order valence-electron chi connectivity index (χ4n) is 4.20. The molecule has 172 valence electrons. The van der Waals surface area contributed by atoms with E-state index >= 15 is 0 Å². The molecule has 0 saturated heterocycles. The Balaban J connectivity index is 1.70. The molecule has 1 aliphatic rings. The lowest BCUT2D eigenvalue weighted by Gasteiger charge is -2.37. The van der Waals surface area contributed by atoms with Gasteiger partial charge in [-0.15, -0.1) is 0 Å². The second-order valence-electron chi connectivity index (χ2n) is 8.03. The molecule has 0 N–H and O–H groups in total. The third-order valence-corrected chi connectivity index (χ3v) is 5.95. The van der Waals surface area contributed by atoms with E-state index in [2.05, 4.69) is 0 Å². The van der Waals surface area contributed by atoms with E-state index in [1.807, 2.05) is 36.4 Å². The van der Waals surface area contributed by atoms with Gasteiger partial charge in [0, 0.05) is 22.1 Å². The third kappa shape index (κ3) is 3.71. The van der Waals surface area contributed by atoms with Gasteiger partial charge in [0.1, 0.15) is 5.75 Å². The summed E-state index contributed by atoms with van der Waals surface area (Å²) in [5, 5.41) is 1.68. The molecule has 0 radical (unpaired) electrons. The van der Waals surface area contributed by atoms with Gasteiger partial charge < -0.3 is 4.74 Å². The molecule has 5 rings (SSSR count). The van der Waals surface area contributed by atoms with E-state index in [1.165, 1.54) is 24.3 Å². The van der Waals surface area contributed by atoms with Crippen molar-refractivity contribution in [1.29, 1.82) is 0 Å². The van der Waals surface area contributed by atoms with Gasteiger partial charge in [-0.2, -0.15) is 26.3 Å². The van der Waals surface area contributed by atoms with Crippen molar-refractivity contribution >= 4 is 16.8 Å². The van der Waals surface area contributed by atoms with Crippen LogP contribution in [-0.2, 0) is 18.0 Å². The maximum Gasteiger partial charge on any atom is 0.416 e. The van der Waals surface area contributed by atoms with Gasteiger partial charge in [-0.3, -0.25) is 0 Å². The number of hydrogen-bond donors (Lipinski definition) is 0. The van der Waals surface area contributed by atoms with Crippen LogP contribution >= 0.6 is 0 Å². The molecular formula is C27H16F6O. The van der Waals surface area contributed by atoms with Crippen molar-refractivity contribution in [3.05, 3.63) is 119 Å². The number of benzene rings is 4. The number of halogens is 6. The van der Waals surface area contributed by atoms with E-state index in [4.69, 9.17) is 4.74 Å². The number of alkyl halides is 6. The van der Waals surface area contributed by atoms with Crippen LogP contribution in [0.2, 0.25) is 0 Å². The molecule has 1 nitrogen and oxygen atoms in total.